The van der Waals surface area contributed by atoms with Crippen LogP contribution in [0.1, 0.15) is 75.6 Å². The highest BCUT2D eigenvalue weighted by Crippen LogP contribution is 2.56. The third-order valence-electron chi connectivity index (χ3n) is 10.9. The van der Waals surface area contributed by atoms with E-state index in [1.807, 2.05) is 0 Å². The Kier molecular flexibility index (Phi) is 7.17. The zero-order valence-corrected chi connectivity index (χ0v) is 28.1. The van der Waals surface area contributed by atoms with Gasteiger partial charge in [0.15, 0.2) is 0 Å². The molecule has 0 saturated heterocycles. The molecule has 0 fully saturated rings. The molecule has 0 aromatic heterocycles. The fourth-order valence-electron chi connectivity index (χ4n) is 8.81. The van der Waals surface area contributed by atoms with Crippen LogP contribution in [-0.2, 0) is 10.8 Å². The lowest BCUT2D eigenvalue weighted by molar-refractivity contribution is 0.436. The van der Waals surface area contributed by atoms with Crippen LogP contribution in [0.2, 0.25) is 0 Å². The van der Waals surface area contributed by atoms with Gasteiger partial charge in [-0.25, -0.2) is 0 Å². The first kappa shape index (κ1) is 29.5. The lowest BCUT2D eigenvalue weighted by Crippen LogP contribution is -2.25. The SMILES string of the molecule is CCCC1(CCC)c2ccccc2-c2ccc(N(c3ccc(-c4ccccc4)cc3)c3ccc4c(c3)C(C)(C)c3ccccc3-4)cc21. The summed E-state index contributed by atoms with van der Waals surface area (Å²) < 4.78 is 0. The number of nitrogens with zero attached hydrogens (tertiary/aromatic N) is 1. The predicted octanol–water partition coefficient (Wildman–Crippen LogP) is 13.0. The van der Waals surface area contributed by atoms with Gasteiger partial charge in [0.1, 0.15) is 0 Å². The maximum absolute atomic E-state index is 2.53. The van der Waals surface area contributed by atoms with Crippen molar-refractivity contribution in [1.82, 2.24) is 0 Å². The molecule has 232 valence electrons. The molecule has 6 aromatic rings. The molecule has 0 saturated carbocycles. The van der Waals surface area contributed by atoms with Crippen molar-refractivity contribution in [3.8, 4) is 33.4 Å². The molecule has 1 heteroatoms. The molecule has 0 spiro atoms. The molecule has 8 rings (SSSR count). The van der Waals surface area contributed by atoms with Crippen molar-refractivity contribution in [2.75, 3.05) is 4.90 Å². The third-order valence-corrected chi connectivity index (χ3v) is 10.9. The lowest BCUT2D eigenvalue weighted by atomic mass is 9.71. The molecule has 0 unspecified atom stereocenters. The lowest BCUT2D eigenvalue weighted by Gasteiger charge is -2.33. The van der Waals surface area contributed by atoms with E-state index in [-0.39, 0.29) is 10.8 Å². The summed E-state index contributed by atoms with van der Waals surface area (Å²) in [7, 11) is 0. The van der Waals surface area contributed by atoms with Crippen LogP contribution in [0.3, 0.4) is 0 Å². The average Bonchev–Trinajstić information content (AvgIpc) is 3.51. The van der Waals surface area contributed by atoms with E-state index in [0.29, 0.717) is 0 Å². The summed E-state index contributed by atoms with van der Waals surface area (Å²) in [5.41, 5.74) is 17.3. The quantitative estimate of drug-likeness (QED) is 0.166. The molecule has 0 radical (unpaired) electrons. The highest BCUT2D eigenvalue weighted by Gasteiger charge is 2.42. The first-order valence-corrected chi connectivity index (χ1v) is 17.4. The molecule has 0 amide bonds. The van der Waals surface area contributed by atoms with Gasteiger partial charge in [-0.3, -0.25) is 0 Å². The van der Waals surface area contributed by atoms with E-state index in [1.54, 1.807) is 0 Å². The first-order valence-electron chi connectivity index (χ1n) is 17.4. The molecular weight excluding hydrogens is 567 g/mol. The number of hydrogen-bond acceptors (Lipinski definition) is 1. The van der Waals surface area contributed by atoms with Crippen molar-refractivity contribution < 1.29 is 0 Å². The van der Waals surface area contributed by atoms with Crippen molar-refractivity contribution in [2.45, 2.75) is 64.2 Å². The predicted molar refractivity (Wildman–Crippen MR) is 200 cm³/mol. The molecule has 0 aliphatic heterocycles. The molecule has 0 N–H and O–H groups in total. The van der Waals surface area contributed by atoms with E-state index in [9.17, 15) is 0 Å². The smallest absolute Gasteiger partial charge is 0.0465 e. The Morgan fingerprint density at radius 1 is 0.426 bits per heavy atom. The molecule has 1 nitrogen and oxygen atoms in total. The second-order valence-electron chi connectivity index (χ2n) is 14.0. The molecule has 2 aliphatic rings. The Morgan fingerprint density at radius 2 is 0.894 bits per heavy atom. The summed E-state index contributed by atoms with van der Waals surface area (Å²) in [6.45, 7) is 9.42. The molecule has 0 heterocycles. The zero-order valence-electron chi connectivity index (χ0n) is 28.1. The van der Waals surface area contributed by atoms with Crippen LogP contribution in [0.4, 0.5) is 17.1 Å². The van der Waals surface area contributed by atoms with Crippen molar-refractivity contribution in [3.05, 3.63) is 162 Å². The van der Waals surface area contributed by atoms with Crippen LogP contribution in [0, 0.1) is 0 Å². The molecule has 6 aromatic carbocycles. The van der Waals surface area contributed by atoms with Gasteiger partial charge >= 0.3 is 0 Å². The summed E-state index contributed by atoms with van der Waals surface area (Å²) >= 11 is 0. The van der Waals surface area contributed by atoms with Gasteiger partial charge < -0.3 is 4.90 Å². The van der Waals surface area contributed by atoms with E-state index in [1.165, 1.54) is 72.7 Å². The molecule has 2 aliphatic carbocycles. The average molecular weight is 610 g/mol. The first-order chi connectivity index (χ1) is 23.0. The summed E-state index contributed by atoms with van der Waals surface area (Å²) in [6, 6.07) is 52.3. The number of fused-ring (bicyclic) bond motifs is 6. The molecular formula is C46H43N. The maximum atomic E-state index is 2.53. The summed E-state index contributed by atoms with van der Waals surface area (Å²) in [5.74, 6) is 0. The monoisotopic (exact) mass is 609 g/mol. The fraction of sp³-hybridized carbons (Fsp3) is 0.217. The van der Waals surface area contributed by atoms with Gasteiger partial charge in [-0.2, -0.15) is 0 Å². The minimum absolute atomic E-state index is 0.0375. The largest absolute Gasteiger partial charge is 0.310 e. The Bertz CT molecular complexity index is 2080. The van der Waals surface area contributed by atoms with E-state index in [0.717, 1.165) is 25.7 Å². The number of anilines is 3. The van der Waals surface area contributed by atoms with E-state index in [4.69, 9.17) is 0 Å². The Balaban J connectivity index is 1.31. The van der Waals surface area contributed by atoms with Gasteiger partial charge in [-0.1, -0.05) is 144 Å². The second-order valence-corrected chi connectivity index (χ2v) is 14.0. The van der Waals surface area contributed by atoms with Gasteiger partial charge in [0.25, 0.3) is 0 Å². The second kappa shape index (κ2) is 11.4. The fourth-order valence-corrected chi connectivity index (χ4v) is 8.81. The third kappa shape index (κ3) is 4.59. The molecule has 47 heavy (non-hydrogen) atoms. The van der Waals surface area contributed by atoms with Crippen LogP contribution in [0.5, 0.6) is 0 Å². The highest BCUT2D eigenvalue weighted by atomic mass is 15.1. The van der Waals surface area contributed by atoms with E-state index in [2.05, 4.69) is 172 Å². The van der Waals surface area contributed by atoms with Gasteiger partial charge in [-0.05, 0) is 105 Å². The van der Waals surface area contributed by atoms with Crippen molar-refractivity contribution in [3.63, 3.8) is 0 Å². The number of rotatable bonds is 8. The van der Waals surface area contributed by atoms with Gasteiger partial charge in [-0.15, -0.1) is 0 Å². The summed E-state index contributed by atoms with van der Waals surface area (Å²) in [6.07, 6.45) is 4.63. The summed E-state index contributed by atoms with van der Waals surface area (Å²) in [5, 5.41) is 0. The highest BCUT2D eigenvalue weighted by molar-refractivity contribution is 5.88. The van der Waals surface area contributed by atoms with Crippen molar-refractivity contribution in [1.29, 1.82) is 0 Å². The normalized spacial score (nSPS) is 14.6. The van der Waals surface area contributed by atoms with Crippen LogP contribution in [-0.4, -0.2) is 0 Å². The van der Waals surface area contributed by atoms with Crippen LogP contribution < -0.4 is 4.90 Å². The standard InChI is InChI=1S/C46H43N/c1-5-28-46(29-6-2)42-19-13-11-17-38(42)40-27-25-36(31-44(40)46)47(34-22-20-33(21-23-34)32-14-8-7-9-15-32)35-24-26-39-37-16-10-12-18-41(37)45(3,4)43(39)30-35/h7-27,30-31H,5-6,28-29H2,1-4H3. The van der Waals surface area contributed by atoms with Gasteiger partial charge in [0.05, 0.1) is 0 Å². The van der Waals surface area contributed by atoms with E-state index >= 15 is 0 Å². The zero-order chi connectivity index (χ0) is 32.2. The van der Waals surface area contributed by atoms with Gasteiger partial charge in [0, 0.05) is 27.9 Å². The summed E-state index contributed by atoms with van der Waals surface area (Å²) in [4.78, 5) is 2.49. The van der Waals surface area contributed by atoms with Crippen LogP contribution >= 0.6 is 0 Å². The molecule has 0 atom stereocenters. The van der Waals surface area contributed by atoms with Crippen LogP contribution in [0.15, 0.2) is 140 Å². The Morgan fingerprint density at radius 3 is 1.53 bits per heavy atom. The minimum atomic E-state index is -0.0677. The Hall–Kier alpha value is -4.88. The van der Waals surface area contributed by atoms with Crippen molar-refractivity contribution in [2.24, 2.45) is 0 Å². The minimum Gasteiger partial charge on any atom is -0.310 e. The van der Waals surface area contributed by atoms with E-state index < -0.39 is 0 Å². The van der Waals surface area contributed by atoms with Crippen LogP contribution in [0.25, 0.3) is 33.4 Å². The van der Waals surface area contributed by atoms with Crippen molar-refractivity contribution >= 4 is 17.1 Å². The number of benzene rings is 6. The topological polar surface area (TPSA) is 3.24 Å². The van der Waals surface area contributed by atoms with Gasteiger partial charge in [0.2, 0.25) is 0 Å². The number of hydrogen-bond donors (Lipinski definition) is 0. The Labute approximate surface area is 280 Å². The maximum Gasteiger partial charge on any atom is 0.0465 e. The molecule has 0 bridgehead atoms.